The number of halogens is 3. The fourth-order valence-electron chi connectivity index (χ4n) is 1.71. The lowest BCUT2D eigenvalue weighted by Crippen LogP contribution is -2.06. The molecule has 0 aromatic heterocycles. The maximum absolute atomic E-state index is 13.9. The Morgan fingerprint density at radius 2 is 2.05 bits per heavy atom. The lowest BCUT2D eigenvalue weighted by Gasteiger charge is -2.11. The Kier molecular flexibility index (Phi) is 5.02. The highest BCUT2D eigenvalue weighted by Crippen LogP contribution is 2.25. The van der Waals surface area contributed by atoms with Crippen LogP contribution in [0.15, 0.2) is 40.9 Å². The van der Waals surface area contributed by atoms with Crippen LogP contribution in [0.25, 0.3) is 0 Å². The molecule has 0 fully saturated rings. The zero-order chi connectivity index (χ0) is 14.7. The van der Waals surface area contributed by atoms with E-state index in [1.165, 1.54) is 6.07 Å². The van der Waals surface area contributed by atoms with E-state index in [1.807, 2.05) is 12.1 Å². The molecule has 0 aliphatic heterocycles. The Labute approximate surface area is 130 Å². The minimum atomic E-state index is -0.423. The average Bonchev–Trinajstić information content (AvgIpc) is 2.38. The molecule has 1 atom stereocenters. The van der Waals surface area contributed by atoms with Gasteiger partial charge in [0.1, 0.15) is 6.61 Å². The average molecular weight is 359 g/mol. The molecule has 0 unspecified atom stereocenters. The van der Waals surface area contributed by atoms with Crippen LogP contribution in [0.2, 0.25) is 5.02 Å². The van der Waals surface area contributed by atoms with E-state index in [0.717, 1.165) is 15.6 Å². The summed E-state index contributed by atoms with van der Waals surface area (Å²) in [6.45, 7) is 2.01. The van der Waals surface area contributed by atoms with E-state index in [9.17, 15) is 4.39 Å². The zero-order valence-corrected chi connectivity index (χ0v) is 13.2. The molecule has 2 aromatic carbocycles. The quantitative estimate of drug-likeness (QED) is 0.848. The molecule has 0 radical (unpaired) electrons. The number of hydrogen-bond donors (Lipinski definition) is 1. The van der Waals surface area contributed by atoms with Gasteiger partial charge in [-0.3, -0.25) is 0 Å². The molecular formula is C15H14BrClFNO. The number of benzene rings is 2. The molecule has 0 aliphatic rings. The van der Waals surface area contributed by atoms with E-state index < -0.39 is 5.82 Å². The van der Waals surface area contributed by atoms with Gasteiger partial charge in [0.05, 0.1) is 0 Å². The summed E-state index contributed by atoms with van der Waals surface area (Å²) < 4.78 is 20.2. The SMILES string of the molecule is C[C@H](N)c1ccc(OCc2ccc(Br)cc2Cl)c(F)c1. The highest BCUT2D eigenvalue weighted by Gasteiger charge is 2.08. The summed E-state index contributed by atoms with van der Waals surface area (Å²) in [6.07, 6.45) is 0. The van der Waals surface area contributed by atoms with E-state index in [0.29, 0.717) is 5.02 Å². The van der Waals surface area contributed by atoms with Crippen LogP contribution in [0.4, 0.5) is 4.39 Å². The molecule has 0 saturated carbocycles. The molecular weight excluding hydrogens is 345 g/mol. The predicted octanol–water partition coefficient (Wildman–Crippen LogP) is 4.84. The molecule has 2 aromatic rings. The topological polar surface area (TPSA) is 35.2 Å². The van der Waals surface area contributed by atoms with Crippen LogP contribution >= 0.6 is 27.5 Å². The molecule has 0 saturated heterocycles. The second-order valence-electron chi connectivity index (χ2n) is 4.50. The summed E-state index contributed by atoms with van der Waals surface area (Å²) in [7, 11) is 0. The smallest absolute Gasteiger partial charge is 0.165 e. The minimum absolute atomic E-state index is 0.188. The summed E-state index contributed by atoms with van der Waals surface area (Å²) in [6, 6.07) is 9.99. The second-order valence-corrected chi connectivity index (χ2v) is 5.83. The van der Waals surface area contributed by atoms with E-state index in [4.69, 9.17) is 22.1 Å². The van der Waals surface area contributed by atoms with Gasteiger partial charge >= 0.3 is 0 Å². The van der Waals surface area contributed by atoms with E-state index in [2.05, 4.69) is 15.9 Å². The van der Waals surface area contributed by atoms with Gasteiger partial charge in [-0.2, -0.15) is 0 Å². The lowest BCUT2D eigenvalue weighted by molar-refractivity contribution is 0.290. The second kappa shape index (κ2) is 6.57. The van der Waals surface area contributed by atoms with Crippen LogP contribution in [-0.2, 0) is 6.61 Å². The molecule has 0 heterocycles. The van der Waals surface area contributed by atoms with Gasteiger partial charge in [-0.15, -0.1) is 0 Å². The zero-order valence-electron chi connectivity index (χ0n) is 10.9. The molecule has 106 valence electrons. The van der Waals surface area contributed by atoms with Gasteiger partial charge in [0.2, 0.25) is 0 Å². The van der Waals surface area contributed by atoms with Gasteiger partial charge in [-0.25, -0.2) is 4.39 Å². The van der Waals surface area contributed by atoms with Crippen LogP contribution in [0, 0.1) is 5.82 Å². The van der Waals surface area contributed by atoms with Gasteiger partial charge in [0.25, 0.3) is 0 Å². The van der Waals surface area contributed by atoms with Crippen LogP contribution in [0.3, 0.4) is 0 Å². The van der Waals surface area contributed by atoms with Crippen molar-refractivity contribution in [1.82, 2.24) is 0 Å². The van der Waals surface area contributed by atoms with Gasteiger partial charge in [-0.05, 0) is 36.8 Å². The Hall–Kier alpha value is -1.10. The van der Waals surface area contributed by atoms with Gasteiger partial charge in [-0.1, -0.05) is 39.7 Å². The number of nitrogens with two attached hydrogens (primary N) is 1. The van der Waals surface area contributed by atoms with Crippen LogP contribution in [0.5, 0.6) is 5.75 Å². The largest absolute Gasteiger partial charge is 0.486 e. The maximum Gasteiger partial charge on any atom is 0.165 e. The lowest BCUT2D eigenvalue weighted by atomic mass is 10.1. The summed E-state index contributed by atoms with van der Waals surface area (Å²) in [5, 5.41) is 0.576. The van der Waals surface area contributed by atoms with Crippen molar-refractivity contribution in [2.75, 3.05) is 0 Å². The van der Waals surface area contributed by atoms with Crippen molar-refractivity contribution in [2.45, 2.75) is 19.6 Å². The predicted molar refractivity (Wildman–Crippen MR) is 82.5 cm³/mol. The van der Waals surface area contributed by atoms with Crippen molar-refractivity contribution in [3.63, 3.8) is 0 Å². The molecule has 0 amide bonds. The molecule has 0 spiro atoms. The first-order valence-corrected chi connectivity index (χ1v) is 7.26. The van der Waals surface area contributed by atoms with Crippen molar-refractivity contribution in [2.24, 2.45) is 5.73 Å². The Morgan fingerprint density at radius 3 is 2.65 bits per heavy atom. The molecule has 0 bridgehead atoms. The third kappa shape index (κ3) is 3.72. The van der Waals surface area contributed by atoms with Crippen LogP contribution in [0.1, 0.15) is 24.1 Å². The third-order valence-corrected chi connectivity index (χ3v) is 3.73. The fraction of sp³-hybridized carbons (Fsp3) is 0.200. The number of hydrogen-bond acceptors (Lipinski definition) is 2. The fourth-order valence-corrected chi connectivity index (χ4v) is 2.44. The molecule has 2 rings (SSSR count). The molecule has 0 aliphatic carbocycles. The standard InChI is InChI=1S/C15H14BrClFNO/c1-9(19)10-3-5-15(14(18)6-10)20-8-11-2-4-12(16)7-13(11)17/h2-7,9H,8,19H2,1H3/t9-/m0/s1. The summed E-state index contributed by atoms with van der Waals surface area (Å²) in [5.41, 5.74) is 7.23. The third-order valence-electron chi connectivity index (χ3n) is 2.88. The van der Waals surface area contributed by atoms with Crippen molar-refractivity contribution in [1.29, 1.82) is 0 Å². The van der Waals surface area contributed by atoms with E-state index in [-0.39, 0.29) is 18.4 Å². The van der Waals surface area contributed by atoms with Crippen molar-refractivity contribution in [3.05, 3.63) is 62.8 Å². The molecule has 20 heavy (non-hydrogen) atoms. The first-order chi connectivity index (χ1) is 9.47. The first kappa shape index (κ1) is 15.3. The van der Waals surface area contributed by atoms with Gasteiger partial charge in [0.15, 0.2) is 11.6 Å². The van der Waals surface area contributed by atoms with E-state index >= 15 is 0 Å². The highest BCUT2D eigenvalue weighted by molar-refractivity contribution is 9.10. The summed E-state index contributed by atoms with van der Waals surface area (Å²) in [4.78, 5) is 0. The van der Waals surface area contributed by atoms with Gasteiger partial charge in [0, 0.05) is 21.1 Å². The van der Waals surface area contributed by atoms with Crippen LogP contribution in [-0.4, -0.2) is 0 Å². The number of rotatable bonds is 4. The maximum atomic E-state index is 13.9. The minimum Gasteiger partial charge on any atom is -0.486 e. The van der Waals surface area contributed by atoms with Gasteiger partial charge < -0.3 is 10.5 Å². The first-order valence-electron chi connectivity index (χ1n) is 6.09. The summed E-state index contributed by atoms with van der Waals surface area (Å²) in [5.74, 6) is -0.235. The van der Waals surface area contributed by atoms with Crippen molar-refractivity contribution >= 4 is 27.5 Å². The van der Waals surface area contributed by atoms with E-state index in [1.54, 1.807) is 25.1 Å². The highest BCUT2D eigenvalue weighted by atomic mass is 79.9. The van der Waals surface area contributed by atoms with Crippen molar-refractivity contribution < 1.29 is 9.13 Å². The van der Waals surface area contributed by atoms with Crippen LogP contribution < -0.4 is 10.5 Å². The normalized spacial score (nSPS) is 12.2. The summed E-state index contributed by atoms with van der Waals surface area (Å²) >= 11 is 9.41. The Balaban J connectivity index is 2.11. The monoisotopic (exact) mass is 357 g/mol. The number of ether oxygens (including phenoxy) is 1. The molecule has 2 nitrogen and oxygen atoms in total. The Bertz CT molecular complexity index is 619. The molecule has 2 N–H and O–H groups in total. The van der Waals surface area contributed by atoms with Crippen molar-refractivity contribution in [3.8, 4) is 5.75 Å². The Morgan fingerprint density at radius 1 is 1.30 bits per heavy atom. The molecule has 5 heteroatoms.